The molecule has 0 unspecified atom stereocenters. The summed E-state index contributed by atoms with van der Waals surface area (Å²) in [5.41, 5.74) is -1.15. The van der Waals surface area contributed by atoms with Crippen LogP contribution in [0, 0.1) is 0 Å². The summed E-state index contributed by atoms with van der Waals surface area (Å²) >= 11 is 0. The molecule has 1 saturated carbocycles. The summed E-state index contributed by atoms with van der Waals surface area (Å²) in [6, 6.07) is 0. The molecule has 0 aromatic carbocycles. The van der Waals surface area contributed by atoms with Gasteiger partial charge < -0.3 is 15.6 Å². The van der Waals surface area contributed by atoms with Gasteiger partial charge in [0.2, 0.25) is 5.95 Å². The van der Waals surface area contributed by atoms with Crippen molar-refractivity contribution in [1.82, 2.24) is 19.9 Å². The van der Waals surface area contributed by atoms with Crippen molar-refractivity contribution in [1.29, 1.82) is 0 Å². The van der Waals surface area contributed by atoms with Crippen molar-refractivity contribution in [2.75, 3.05) is 17.2 Å². The lowest BCUT2D eigenvalue weighted by Crippen LogP contribution is -2.39. The summed E-state index contributed by atoms with van der Waals surface area (Å²) in [6.07, 6.45) is -1.96. The molecular formula is C12H15F3N6. The van der Waals surface area contributed by atoms with Gasteiger partial charge in [0.15, 0.2) is 11.5 Å². The van der Waals surface area contributed by atoms with Crippen LogP contribution in [0.1, 0.15) is 26.2 Å². The number of alkyl halides is 3. The standard InChI is InChI=1S/C12H15F3N6/c1-2-5-16-10-19-8-7(17-6-18-8)9(20-10)21-11(3-4-11)12(13,14)15/h6H,2-5H2,1H3,(H3,16,17,18,19,20,21). The quantitative estimate of drug-likeness (QED) is 0.791. The van der Waals surface area contributed by atoms with Crippen molar-refractivity contribution >= 4 is 22.9 Å². The molecule has 3 rings (SSSR count). The Morgan fingerprint density at radius 3 is 2.71 bits per heavy atom. The molecule has 21 heavy (non-hydrogen) atoms. The number of nitrogens with zero attached hydrogens (tertiary/aromatic N) is 3. The average Bonchev–Trinajstić information content (AvgIpc) is 3.06. The van der Waals surface area contributed by atoms with Crippen molar-refractivity contribution in [3.63, 3.8) is 0 Å². The Hall–Kier alpha value is -2.06. The number of imidazole rings is 1. The van der Waals surface area contributed by atoms with Gasteiger partial charge in [-0.05, 0) is 19.3 Å². The van der Waals surface area contributed by atoms with Gasteiger partial charge in [-0.25, -0.2) is 4.98 Å². The van der Waals surface area contributed by atoms with Crippen LogP contribution < -0.4 is 10.6 Å². The summed E-state index contributed by atoms with van der Waals surface area (Å²) in [5, 5.41) is 5.49. The van der Waals surface area contributed by atoms with Crippen LogP contribution >= 0.6 is 0 Å². The first-order valence-corrected chi connectivity index (χ1v) is 6.75. The fourth-order valence-electron chi connectivity index (χ4n) is 2.07. The molecule has 1 fully saturated rings. The second kappa shape index (κ2) is 4.74. The van der Waals surface area contributed by atoms with E-state index in [-0.39, 0.29) is 24.6 Å². The molecule has 3 N–H and O–H groups in total. The van der Waals surface area contributed by atoms with Gasteiger partial charge in [0.25, 0.3) is 0 Å². The van der Waals surface area contributed by atoms with Crippen molar-refractivity contribution in [3.05, 3.63) is 6.33 Å². The molecule has 9 heteroatoms. The highest BCUT2D eigenvalue weighted by atomic mass is 19.4. The number of rotatable bonds is 5. The predicted molar refractivity (Wildman–Crippen MR) is 72.1 cm³/mol. The van der Waals surface area contributed by atoms with Gasteiger partial charge >= 0.3 is 6.18 Å². The van der Waals surface area contributed by atoms with Crippen LogP contribution in [0.2, 0.25) is 0 Å². The monoisotopic (exact) mass is 300 g/mol. The summed E-state index contributed by atoms with van der Waals surface area (Å²) in [5.74, 6) is 0.405. The lowest BCUT2D eigenvalue weighted by molar-refractivity contribution is -0.151. The first-order valence-electron chi connectivity index (χ1n) is 6.75. The molecule has 0 radical (unpaired) electrons. The molecule has 6 nitrogen and oxygen atoms in total. The second-order valence-corrected chi connectivity index (χ2v) is 5.13. The Bertz CT molecular complexity index is 646. The van der Waals surface area contributed by atoms with E-state index in [0.717, 1.165) is 6.42 Å². The van der Waals surface area contributed by atoms with Crippen LogP contribution in [0.5, 0.6) is 0 Å². The minimum atomic E-state index is -4.30. The van der Waals surface area contributed by atoms with Crippen LogP contribution in [0.4, 0.5) is 24.9 Å². The molecule has 2 aromatic rings. The van der Waals surface area contributed by atoms with E-state index in [1.807, 2.05) is 6.92 Å². The van der Waals surface area contributed by atoms with Gasteiger partial charge in [-0.15, -0.1) is 0 Å². The summed E-state index contributed by atoms with van der Waals surface area (Å²) in [6.45, 7) is 2.61. The SMILES string of the molecule is CCCNc1nc(NC2(C(F)(F)F)CC2)c2[nH]cnc2n1. The van der Waals surface area contributed by atoms with E-state index in [4.69, 9.17) is 0 Å². The topological polar surface area (TPSA) is 78.5 Å². The Morgan fingerprint density at radius 1 is 1.33 bits per heavy atom. The molecular weight excluding hydrogens is 285 g/mol. The van der Waals surface area contributed by atoms with Gasteiger partial charge in [0.1, 0.15) is 11.1 Å². The Morgan fingerprint density at radius 2 is 2.10 bits per heavy atom. The predicted octanol–water partition coefficient (Wildman–Crippen LogP) is 2.68. The largest absolute Gasteiger partial charge is 0.411 e. The van der Waals surface area contributed by atoms with E-state index in [1.165, 1.54) is 6.33 Å². The van der Waals surface area contributed by atoms with Crippen molar-refractivity contribution in [2.24, 2.45) is 0 Å². The van der Waals surface area contributed by atoms with Crippen LogP contribution in [-0.2, 0) is 0 Å². The molecule has 0 spiro atoms. The first-order chi connectivity index (χ1) is 9.95. The third kappa shape index (κ3) is 2.47. The molecule has 0 aliphatic heterocycles. The van der Waals surface area contributed by atoms with E-state index < -0.39 is 11.7 Å². The van der Waals surface area contributed by atoms with Gasteiger partial charge in [-0.2, -0.15) is 23.1 Å². The van der Waals surface area contributed by atoms with Crippen LogP contribution in [-0.4, -0.2) is 38.2 Å². The normalized spacial score (nSPS) is 17.0. The van der Waals surface area contributed by atoms with Crippen molar-refractivity contribution < 1.29 is 13.2 Å². The maximum atomic E-state index is 13.1. The number of H-pyrrole nitrogens is 1. The number of hydrogen-bond donors (Lipinski definition) is 3. The summed E-state index contributed by atoms with van der Waals surface area (Å²) < 4.78 is 39.2. The number of nitrogens with one attached hydrogen (secondary N) is 3. The number of hydrogen-bond acceptors (Lipinski definition) is 5. The van der Waals surface area contributed by atoms with E-state index in [9.17, 15) is 13.2 Å². The smallest absolute Gasteiger partial charge is 0.354 e. The molecule has 1 aliphatic rings. The zero-order chi connectivity index (χ0) is 15.1. The zero-order valence-corrected chi connectivity index (χ0v) is 11.4. The number of fused-ring (bicyclic) bond motifs is 1. The third-order valence-corrected chi connectivity index (χ3v) is 3.47. The van der Waals surface area contributed by atoms with Gasteiger partial charge in [0.05, 0.1) is 6.33 Å². The van der Waals surface area contributed by atoms with Crippen molar-refractivity contribution in [3.8, 4) is 0 Å². The van der Waals surface area contributed by atoms with Crippen LogP contribution in [0.25, 0.3) is 11.2 Å². The van der Waals surface area contributed by atoms with Gasteiger partial charge in [0, 0.05) is 6.54 Å². The lowest BCUT2D eigenvalue weighted by Gasteiger charge is -2.21. The molecule has 0 atom stereocenters. The minimum absolute atomic E-state index is 0.0495. The number of anilines is 2. The lowest BCUT2D eigenvalue weighted by atomic mass is 10.2. The van der Waals surface area contributed by atoms with Gasteiger partial charge in [-0.3, -0.25) is 0 Å². The number of aromatic amines is 1. The Labute approximate surface area is 118 Å². The molecule has 0 bridgehead atoms. The number of aromatic nitrogens is 4. The highest BCUT2D eigenvalue weighted by Crippen LogP contribution is 2.51. The van der Waals surface area contributed by atoms with E-state index in [1.54, 1.807) is 0 Å². The van der Waals surface area contributed by atoms with Gasteiger partial charge in [-0.1, -0.05) is 6.92 Å². The minimum Gasteiger partial charge on any atom is -0.354 e. The summed E-state index contributed by atoms with van der Waals surface area (Å²) in [4.78, 5) is 15.1. The maximum Gasteiger partial charge on any atom is 0.411 e. The highest BCUT2D eigenvalue weighted by molar-refractivity contribution is 5.84. The molecule has 0 amide bonds. The maximum absolute atomic E-state index is 13.1. The Balaban J connectivity index is 1.95. The number of halogens is 3. The Kier molecular flexibility index (Phi) is 3.14. The van der Waals surface area contributed by atoms with E-state index in [0.29, 0.717) is 17.7 Å². The van der Waals surface area contributed by atoms with Crippen LogP contribution in [0.3, 0.4) is 0 Å². The first kappa shape index (κ1) is 13.9. The summed E-state index contributed by atoms with van der Waals surface area (Å²) in [7, 11) is 0. The average molecular weight is 300 g/mol. The highest BCUT2D eigenvalue weighted by Gasteiger charge is 2.64. The molecule has 2 heterocycles. The molecule has 114 valence electrons. The zero-order valence-electron chi connectivity index (χ0n) is 11.4. The fraction of sp³-hybridized carbons (Fsp3) is 0.583. The fourth-order valence-corrected chi connectivity index (χ4v) is 2.07. The molecule has 0 saturated heterocycles. The van der Waals surface area contributed by atoms with Crippen LogP contribution in [0.15, 0.2) is 6.33 Å². The molecule has 2 aromatic heterocycles. The third-order valence-electron chi connectivity index (χ3n) is 3.47. The van der Waals surface area contributed by atoms with Crippen molar-refractivity contribution in [2.45, 2.75) is 37.9 Å². The second-order valence-electron chi connectivity index (χ2n) is 5.13. The van der Waals surface area contributed by atoms with E-state index in [2.05, 4.69) is 30.6 Å². The molecule has 1 aliphatic carbocycles. The van der Waals surface area contributed by atoms with E-state index >= 15 is 0 Å².